The lowest BCUT2D eigenvalue weighted by molar-refractivity contribution is -0.255. The Morgan fingerprint density at radius 1 is 1.14 bits per heavy atom. The number of nitrogens with one attached hydrogen (secondary N) is 1. The van der Waals surface area contributed by atoms with Crippen LogP contribution in [0.3, 0.4) is 0 Å². The fourth-order valence-corrected chi connectivity index (χ4v) is 3.25. The Balaban J connectivity index is 2.33. The third-order valence-corrected chi connectivity index (χ3v) is 4.81. The molecule has 110 valence electrons. The van der Waals surface area contributed by atoms with Gasteiger partial charge < -0.3 is 9.90 Å². The number of aromatic carboxylic acids is 1. The molecular formula is C14H12NO4S2-. The van der Waals surface area contributed by atoms with Crippen LogP contribution in [0.25, 0.3) is 0 Å². The first-order chi connectivity index (χ1) is 9.92. The third kappa shape index (κ3) is 3.77. The highest BCUT2D eigenvalue weighted by molar-refractivity contribution is 7.98. The van der Waals surface area contributed by atoms with Crippen molar-refractivity contribution >= 4 is 33.4 Å². The molecule has 2 rings (SSSR count). The van der Waals surface area contributed by atoms with Gasteiger partial charge in [0.25, 0.3) is 10.0 Å². The van der Waals surface area contributed by atoms with Crippen molar-refractivity contribution in [3.63, 3.8) is 0 Å². The predicted molar refractivity (Wildman–Crippen MR) is 79.8 cm³/mol. The van der Waals surface area contributed by atoms with Crippen LogP contribution in [-0.2, 0) is 10.0 Å². The second kappa shape index (κ2) is 6.19. The number of carbonyl (C=O) groups is 1. The lowest BCUT2D eigenvalue weighted by atomic mass is 10.2. The number of hydrogen-bond donors (Lipinski definition) is 1. The van der Waals surface area contributed by atoms with Gasteiger partial charge in [-0.25, -0.2) is 8.42 Å². The number of carbonyl (C=O) groups excluding carboxylic acids is 1. The maximum absolute atomic E-state index is 12.2. The average Bonchev–Trinajstić information content (AvgIpc) is 2.47. The number of hydrogen-bond acceptors (Lipinski definition) is 5. The molecule has 5 nitrogen and oxygen atoms in total. The van der Waals surface area contributed by atoms with Crippen molar-refractivity contribution in [1.82, 2.24) is 0 Å². The van der Waals surface area contributed by atoms with Crippen LogP contribution in [0, 0.1) is 0 Å². The minimum atomic E-state index is -3.84. The lowest BCUT2D eigenvalue weighted by Gasteiger charge is -2.10. The van der Waals surface area contributed by atoms with Crippen molar-refractivity contribution in [1.29, 1.82) is 0 Å². The standard InChI is InChI=1S/C14H13NO4S2/c1-20-12-6-3-5-11(9-12)15-21(18,19)13-7-2-4-10(8-13)14(16)17/h2-9,15H,1H3,(H,16,17)/p-1. The van der Waals surface area contributed by atoms with Crippen LogP contribution in [0.1, 0.15) is 10.4 Å². The van der Waals surface area contributed by atoms with Crippen LogP contribution in [0.5, 0.6) is 0 Å². The van der Waals surface area contributed by atoms with Crippen molar-refractivity contribution in [2.75, 3.05) is 11.0 Å². The van der Waals surface area contributed by atoms with Gasteiger partial charge in [-0.3, -0.25) is 4.72 Å². The molecule has 0 saturated heterocycles. The Kier molecular flexibility index (Phi) is 4.54. The van der Waals surface area contributed by atoms with Crippen LogP contribution in [0.4, 0.5) is 5.69 Å². The van der Waals surface area contributed by atoms with E-state index in [0.29, 0.717) is 5.69 Å². The van der Waals surface area contributed by atoms with E-state index in [4.69, 9.17) is 0 Å². The molecule has 0 aliphatic carbocycles. The van der Waals surface area contributed by atoms with Gasteiger partial charge in [-0.1, -0.05) is 18.2 Å². The van der Waals surface area contributed by atoms with E-state index in [0.717, 1.165) is 11.0 Å². The minimum absolute atomic E-state index is 0.126. The van der Waals surface area contributed by atoms with Crippen LogP contribution >= 0.6 is 11.8 Å². The summed E-state index contributed by atoms with van der Waals surface area (Å²) in [6, 6.07) is 12.0. The molecule has 1 N–H and O–H groups in total. The lowest BCUT2D eigenvalue weighted by Crippen LogP contribution is -2.23. The number of anilines is 1. The molecule has 21 heavy (non-hydrogen) atoms. The summed E-state index contributed by atoms with van der Waals surface area (Å²) in [7, 11) is -3.84. The van der Waals surface area contributed by atoms with E-state index < -0.39 is 16.0 Å². The molecule has 0 atom stereocenters. The molecule has 0 radical (unpaired) electrons. The van der Waals surface area contributed by atoms with Crippen molar-refractivity contribution in [2.24, 2.45) is 0 Å². The second-order valence-electron chi connectivity index (χ2n) is 4.15. The van der Waals surface area contributed by atoms with E-state index >= 15 is 0 Å². The molecule has 7 heteroatoms. The first kappa shape index (κ1) is 15.4. The van der Waals surface area contributed by atoms with Gasteiger partial charge in [0.05, 0.1) is 10.9 Å². The Morgan fingerprint density at radius 2 is 1.86 bits per heavy atom. The summed E-state index contributed by atoms with van der Waals surface area (Å²) in [5.74, 6) is -1.42. The molecule has 0 unspecified atom stereocenters. The third-order valence-electron chi connectivity index (χ3n) is 2.70. The molecular weight excluding hydrogens is 310 g/mol. The summed E-state index contributed by atoms with van der Waals surface area (Å²) in [4.78, 5) is 11.6. The van der Waals surface area contributed by atoms with Crippen molar-refractivity contribution in [2.45, 2.75) is 9.79 Å². The smallest absolute Gasteiger partial charge is 0.261 e. The zero-order valence-corrected chi connectivity index (χ0v) is 12.7. The Morgan fingerprint density at radius 3 is 2.52 bits per heavy atom. The molecule has 0 amide bonds. The summed E-state index contributed by atoms with van der Waals surface area (Å²) in [6.07, 6.45) is 1.89. The number of rotatable bonds is 5. The molecule has 0 aromatic heterocycles. The molecule has 2 aromatic carbocycles. The number of thioether (sulfide) groups is 1. The van der Waals surface area contributed by atoms with Crippen molar-refractivity contribution < 1.29 is 18.3 Å². The summed E-state index contributed by atoms with van der Waals surface area (Å²) in [5, 5.41) is 10.8. The normalized spacial score (nSPS) is 11.1. The fraction of sp³-hybridized carbons (Fsp3) is 0.0714. The van der Waals surface area contributed by atoms with Crippen molar-refractivity contribution in [3.05, 3.63) is 54.1 Å². The molecule has 2 aromatic rings. The zero-order valence-electron chi connectivity index (χ0n) is 11.1. The summed E-state index contributed by atoms with van der Waals surface area (Å²) < 4.78 is 26.9. The fourth-order valence-electron chi connectivity index (χ4n) is 1.69. The van der Waals surface area contributed by atoms with Gasteiger partial charge in [0.15, 0.2) is 0 Å². The molecule has 0 spiro atoms. The van der Waals surface area contributed by atoms with Gasteiger partial charge in [0, 0.05) is 10.6 Å². The van der Waals surface area contributed by atoms with Gasteiger partial charge >= 0.3 is 0 Å². The van der Waals surface area contributed by atoms with E-state index in [1.807, 2.05) is 12.3 Å². The SMILES string of the molecule is CSc1cccc(NS(=O)(=O)c2cccc(C(=O)[O-])c2)c1. The Hall–Kier alpha value is -1.99. The summed E-state index contributed by atoms with van der Waals surface area (Å²) >= 11 is 1.49. The zero-order chi connectivity index (χ0) is 15.5. The van der Waals surface area contributed by atoms with Gasteiger partial charge in [-0.05, 0) is 42.2 Å². The Bertz CT molecular complexity index is 772. The van der Waals surface area contributed by atoms with Gasteiger partial charge in [0.1, 0.15) is 0 Å². The van der Waals surface area contributed by atoms with Crippen LogP contribution in [0.2, 0.25) is 0 Å². The van der Waals surface area contributed by atoms with Gasteiger partial charge in [0.2, 0.25) is 0 Å². The van der Waals surface area contributed by atoms with E-state index in [1.54, 1.807) is 18.2 Å². The van der Waals surface area contributed by atoms with E-state index in [2.05, 4.69) is 4.72 Å². The maximum Gasteiger partial charge on any atom is 0.261 e. The van der Waals surface area contributed by atoms with Gasteiger partial charge in [-0.15, -0.1) is 11.8 Å². The molecule has 0 aliphatic heterocycles. The predicted octanol–water partition coefficient (Wildman–Crippen LogP) is 1.57. The number of sulfonamides is 1. The highest BCUT2D eigenvalue weighted by Gasteiger charge is 2.15. The largest absolute Gasteiger partial charge is 0.545 e. The average molecular weight is 322 g/mol. The van der Waals surface area contributed by atoms with E-state index in [1.165, 1.54) is 30.0 Å². The Labute approximate surface area is 127 Å². The van der Waals surface area contributed by atoms with E-state index in [-0.39, 0.29) is 10.5 Å². The van der Waals surface area contributed by atoms with Crippen molar-refractivity contribution in [3.8, 4) is 0 Å². The van der Waals surface area contributed by atoms with Crippen LogP contribution in [-0.4, -0.2) is 20.6 Å². The monoisotopic (exact) mass is 322 g/mol. The quantitative estimate of drug-likeness (QED) is 0.845. The molecule has 0 saturated carbocycles. The molecule has 0 aliphatic rings. The van der Waals surface area contributed by atoms with E-state index in [9.17, 15) is 18.3 Å². The van der Waals surface area contributed by atoms with Gasteiger partial charge in [-0.2, -0.15) is 0 Å². The highest BCUT2D eigenvalue weighted by Crippen LogP contribution is 2.22. The first-order valence-electron chi connectivity index (χ1n) is 5.90. The van der Waals surface area contributed by atoms with Crippen LogP contribution < -0.4 is 9.83 Å². The maximum atomic E-state index is 12.2. The topological polar surface area (TPSA) is 86.3 Å². The summed E-state index contributed by atoms with van der Waals surface area (Å²) in [6.45, 7) is 0. The minimum Gasteiger partial charge on any atom is -0.545 e. The first-order valence-corrected chi connectivity index (χ1v) is 8.61. The molecule has 0 fully saturated rings. The summed E-state index contributed by atoms with van der Waals surface area (Å²) in [5.41, 5.74) is 0.233. The van der Waals surface area contributed by atoms with Crippen LogP contribution in [0.15, 0.2) is 58.3 Å². The highest BCUT2D eigenvalue weighted by atomic mass is 32.2. The molecule has 0 heterocycles. The number of benzene rings is 2. The number of carboxylic acid groups (broad SMARTS) is 1. The number of carboxylic acids is 1. The second-order valence-corrected chi connectivity index (χ2v) is 6.71. The molecule has 0 bridgehead atoms.